The Labute approximate surface area is 119 Å². The molecule has 5 nitrogen and oxygen atoms in total. The van der Waals surface area contributed by atoms with Crippen LogP contribution in [0.2, 0.25) is 0 Å². The Morgan fingerprint density at radius 3 is 2.70 bits per heavy atom. The summed E-state index contributed by atoms with van der Waals surface area (Å²) in [6.07, 6.45) is 0. The molecule has 1 N–H and O–H groups in total. The minimum absolute atomic E-state index is 0.0101. The van der Waals surface area contributed by atoms with E-state index in [1.807, 2.05) is 30.1 Å². The van der Waals surface area contributed by atoms with Crippen LogP contribution in [0.4, 0.5) is 0 Å². The fourth-order valence-corrected chi connectivity index (χ4v) is 2.61. The Morgan fingerprint density at radius 1 is 1.30 bits per heavy atom. The molecule has 0 unspecified atom stereocenters. The molecule has 0 aliphatic carbocycles. The highest BCUT2D eigenvalue weighted by molar-refractivity contribution is 5.94. The van der Waals surface area contributed by atoms with E-state index in [4.69, 9.17) is 0 Å². The molecular weight excluding hydrogens is 254 g/mol. The van der Waals surface area contributed by atoms with E-state index in [2.05, 4.69) is 10.2 Å². The van der Waals surface area contributed by atoms with Crippen LogP contribution >= 0.6 is 0 Å². The SMILES string of the molecule is CNC(=O)c1cccc([C@H]2CN(C)CCN2C(C)=O)c1. The minimum atomic E-state index is -0.106. The van der Waals surface area contributed by atoms with Gasteiger partial charge in [-0.3, -0.25) is 9.59 Å². The molecule has 20 heavy (non-hydrogen) atoms. The van der Waals surface area contributed by atoms with Crippen molar-refractivity contribution in [1.82, 2.24) is 15.1 Å². The molecule has 1 aromatic rings. The lowest BCUT2D eigenvalue weighted by Gasteiger charge is -2.40. The number of carbonyl (C=O) groups is 2. The van der Waals surface area contributed by atoms with Gasteiger partial charge < -0.3 is 15.1 Å². The molecule has 1 atom stereocenters. The van der Waals surface area contributed by atoms with E-state index < -0.39 is 0 Å². The third kappa shape index (κ3) is 2.99. The molecule has 1 aliphatic rings. The summed E-state index contributed by atoms with van der Waals surface area (Å²) >= 11 is 0. The molecule has 2 rings (SSSR count). The minimum Gasteiger partial charge on any atom is -0.355 e. The molecule has 1 heterocycles. The number of rotatable bonds is 2. The zero-order valence-corrected chi connectivity index (χ0v) is 12.2. The predicted molar refractivity (Wildman–Crippen MR) is 77.5 cm³/mol. The predicted octanol–water partition coefficient (Wildman–Crippen LogP) is 0.881. The largest absolute Gasteiger partial charge is 0.355 e. The van der Waals surface area contributed by atoms with E-state index in [0.29, 0.717) is 5.56 Å². The van der Waals surface area contributed by atoms with Gasteiger partial charge in [-0.25, -0.2) is 0 Å². The van der Waals surface area contributed by atoms with Crippen molar-refractivity contribution in [2.45, 2.75) is 13.0 Å². The first-order chi connectivity index (χ1) is 9.52. The summed E-state index contributed by atoms with van der Waals surface area (Å²) in [6, 6.07) is 7.51. The highest BCUT2D eigenvalue weighted by Gasteiger charge is 2.28. The highest BCUT2D eigenvalue weighted by atomic mass is 16.2. The number of amides is 2. The summed E-state index contributed by atoms with van der Waals surface area (Å²) in [7, 11) is 3.67. The lowest BCUT2D eigenvalue weighted by Crippen LogP contribution is -2.48. The van der Waals surface area contributed by atoms with E-state index in [-0.39, 0.29) is 17.9 Å². The van der Waals surface area contributed by atoms with Gasteiger partial charge in [0.25, 0.3) is 5.91 Å². The summed E-state index contributed by atoms with van der Waals surface area (Å²) in [6.45, 7) is 3.99. The monoisotopic (exact) mass is 275 g/mol. The lowest BCUT2D eigenvalue weighted by atomic mass is 10.00. The Balaban J connectivity index is 2.31. The molecule has 1 fully saturated rings. The van der Waals surface area contributed by atoms with Crippen LogP contribution in [0, 0.1) is 0 Å². The van der Waals surface area contributed by atoms with Gasteiger partial charge in [-0.2, -0.15) is 0 Å². The van der Waals surface area contributed by atoms with Crippen molar-refractivity contribution < 1.29 is 9.59 Å². The van der Waals surface area contributed by atoms with E-state index in [1.165, 1.54) is 0 Å². The number of carbonyl (C=O) groups excluding carboxylic acids is 2. The summed E-state index contributed by atoms with van der Waals surface area (Å²) in [5, 5.41) is 2.62. The maximum absolute atomic E-state index is 11.8. The van der Waals surface area contributed by atoms with Crippen LogP contribution in [-0.2, 0) is 4.79 Å². The summed E-state index contributed by atoms with van der Waals surface area (Å²) in [5.74, 6) is -0.0289. The van der Waals surface area contributed by atoms with E-state index >= 15 is 0 Å². The summed E-state index contributed by atoms with van der Waals surface area (Å²) in [4.78, 5) is 27.6. The average molecular weight is 275 g/mol. The number of piperazine rings is 1. The topological polar surface area (TPSA) is 52.7 Å². The Morgan fingerprint density at radius 2 is 2.05 bits per heavy atom. The second-order valence-corrected chi connectivity index (χ2v) is 5.20. The third-order valence-corrected chi connectivity index (χ3v) is 3.75. The fraction of sp³-hybridized carbons (Fsp3) is 0.467. The Bertz CT molecular complexity index is 516. The zero-order valence-electron chi connectivity index (χ0n) is 12.2. The Kier molecular flexibility index (Phi) is 4.39. The molecule has 0 bridgehead atoms. The van der Waals surface area contributed by atoms with Gasteiger partial charge in [0.15, 0.2) is 0 Å². The number of nitrogens with zero attached hydrogens (tertiary/aromatic N) is 2. The van der Waals surface area contributed by atoms with Crippen LogP contribution in [0.25, 0.3) is 0 Å². The van der Waals surface area contributed by atoms with Crippen molar-refractivity contribution in [1.29, 1.82) is 0 Å². The van der Waals surface area contributed by atoms with Crippen molar-refractivity contribution in [3.8, 4) is 0 Å². The maximum Gasteiger partial charge on any atom is 0.251 e. The van der Waals surface area contributed by atoms with Gasteiger partial charge in [-0.15, -0.1) is 0 Å². The summed E-state index contributed by atoms with van der Waals surface area (Å²) in [5.41, 5.74) is 1.63. The third-order valence-electron chi connectivity index (χ3n) is 3.75. The van der Waals surface area contributed by atoms with Gasteiger partial charge in [0.2, 0.25) is 5.91 Å². The standard InChI is InChI=1S/C15H21N3O2/c1-11(19)18-8-7-17(3)10-14(18)12-5-4-6-13(9-12)15(20)16-2/h4-6,9,14H,7-8,10H2,1-3H3,(H,16,20)/t14-/m1/s1. The van der Waals surface area contributed by atoms with Crippen molar-refractivity contribution in [2.24, 2.45) is 0 Å². The van der Waals surface area contributed by atoms with Gasteiger partial charge >= 0.3 is 0 Å². The molecule has 1 saturated heterocycles. The fourth-order valence-electron chi connectivity index (χ4n) is 2.61. The van der Waals surface area contributed by atoms with Gasteiger partial charge in [0.05, 0.1) is 6.04 Å². The van der Waals surface area contributed by atoms with Crippen molar-refractivity contribution in [2.75, 3.05) is 33.7 Å². The van der Waals surface area contributed by atoms with Gasteiger partial charge in [0, 0.05) is 39.2 Å². The second kappa shape index (κ2) is 6.05. The highest BCUT2D eigenvalue weighted by Crippen LogP contribution is 2.25. The van der Waals surface area contributed by atoms with Gasteiger partial charge in [-0.05, 0) is 24.7 Å². The molecular formula is C15H21N3O2. The molecule has 108 valence electrons. The average Bonchev–Trinajstić information content (AvgIpc) is 2.46. The zero-order chi connectivity index (χ0) is 14.7. The number of nitrogens with one attached hydrogen (secondary N) is 1. The van der Waals surface area contributed by atoms with Crippen LogP contribution in [-0.4, -0.2) is 55.3 Å². The maximum atomic E-state index is 11.8. The first kappa shape index (κ1) is 14.5. The number of hydrogen-bond acceptors (Lipinski definition) is 3. The van der Waals surface area contributed by atoms with Crippen LogP contribution < -0.4 is 5.32 Å². The van der Waals surface area contributed by atoms with Crippen LogP contribution in [0.5, 0.6) is 0 Å². The normalized spacial score (nSPS) is 19.8. The number of hydrogen-bond donors (Lipinski definition) is 1. The van der Waals surface area contributed by atoms with Crippen molar-refractivity contribution >= 4 is 11.8 Å². The van der Waals surface area contributed by atoms with E-state index in [9.17, 15) is 9.59 Å². The molecule has 0 radical (unpaired) electrons. The molecule has 2 amide bonds. The first-order valence-corrected chi connectivity index (χ1v) is 6.80. The second-order valence-electron chi connectivity index (χ2n) is 5.20. The molecule has 1 aliphatic heterocycles. The number of benzene rings is 1. The molecule has 0 spiro atoms. The first-order valence-electron chi connectivity index (χ1n) is 6.80. The quantitative estimate of drug-likeness (QED) is 0.872. The molecule has 5 heteroatoms. The Hall–Kier alpha value is -1.88. The van der Waals surface area contributed by atoms with Crippen LogP contribution in [0.3, 0.4) is 0 Å². The van der Waals surface area contributed by atoms with Gasteiger partial charge in [-0.1, -0.05) is 12.1 Å². The van der Waals surface area contributed by atoms with E-state index in [1.54, 1.807) is 20.0 Å². The van der Waals surface area contributed by atoms with Crippen LogP contribution in [0.15, 0.2) is 24.3 Å². The van der Waals surface area contributed by atoms with E-state index in [0.717, 1.165) is 25.2 Å². The molecule has 0 aromatic heterocycles. The number of likely N-dealkylation sites (N-methyl/N-ethyl adjacent to an activating group) is 1. The smallest absolute Gasteiger partial charge is 0.251 e. The molecule has 1 aromatic carbocycles. The van der Waals surface area contributed by atoms with Crippen LogP contribution in [0.1, 0.15) is 28.9 Å². The lowest BCUT2D eigenvalue weighted by molar-refractivity contribution is -0.133. The van der Waals surface area contributed by atoms with Crippen molar-refractivity contribution in [3.05, 3.63) is 35.4 Å². The molecule has 0 saturated carbocycles. The van der Waals surface area contributed by atoms with Crippen molar-refractivity contribution in [3.63, 3.8) is 0 Å². The summed E-state index contributed by atoms with van der Waals surface area (Å²) < 4.78 is 0. The van der Waals surface area contributed by atoms with Gasteiger partial charge in [0.1, 0.15) is 0 Å².